The number of urea groups is 1. The number of nitrogens with one attached hydrogen (secondary N) is 1. The van der Waals surface area contributed by atoms with Crippen LogP contribution < -0.4 is 5.32 Å². The minimum Gasteiger partial charge on any atom is -0.338 e. The Kier molecular flexibility index (Phi) is 5.43. The van der Waals surface area contributed by atoms with E-state index in [4.69, 9.17) is 0 Å². The fraction of sp³-hybridized carbons (Fsp3) is 0.611. The molecule has 1 aromatic carbocycles. The summed E-state index contributed by atoms with van der Waals surface area (Å²) in [6.07, 6.45) is 5.54. The molecule has 24 heavy (non-hydrogen) atoms. The maximum absolute atomic E-state index is 12.6. The molecule has 2 fully saturated rings. The van der Waals surface area contributed by atoms with Crippen LogP contribution in [0, 0.1) is 0 Å². The van der Waals surface area contributed by atoms with Crippen LogP contribution in [0.25, 0.3) is 0 Å². The van der Waals surface area contributed by atoms with Crippen molar-refractivity contribution in [2.24, 2.45) is 0 Å². The number of rotatable bonds is 5. The van der Waals surface area contributed by atoms with Gasteiger partial charge in [0.25, 0.3) is 0 Å². The molecule has 1 heterocycles. The number of nitrogens with zero attached hydrogens (tertiary/aromatic N) is 1. The van der Waals surface area contributed by atoms with Crippen molar-refractivity contribution in [2.45, 2.75) is 49.0 Å². The summed E-state index contributed by atoms with van der Waals surface area (Å²) in [6, 6.07) is 9.84. The van der Waals surface area contributed by atoms with E-state index in [1.807, 2.05) is 30.3 Å². The van der Waals surface area contributed by atoms with Gasteiger partial charge in [0, 0.05) is 19.6 Å². The lowest BCUT2D eigenvalue weighted by molar-refractivity contribution is 0.169. The minimum absolute atomic E-state index is 0.152. The zero-order chi connectivity index (χ0) is 17.0. The summed E-state index contributed by atoms with van der Waals surface area (Å²) in [5, 5.41) is 2.34. The van der Waals surface area contributed by atoms with Gasteiger partial charge in [-0.2, -0.15) is 0 Å². The molecule has 0 unspecified atom stereocenters. The molecule has 1 N–H and O–H groups in total. The van der Waals surface area contributed by atoms with E-state index in [1.54, 1.807) is 4.90 Å². The quantitative estimate of drug-likeness (QED) is 0.886. The van der Waals surface area contributed by atoms with Gasteiger partial charge in [-0.15, -0.1) is 0 Å². The van der Waals surface area contributed by atoms with Crippen LogP contribution in [0.5, 0.6) is 0 Å². The van der Waals surface area contributed by atoms with Crippen molar-refractivity contribution >= 4 is 15.9 Å². The highest BCUT2D eigenvalue weighted by Gasteiger charge is 2.43. The Morgan fingerprint density at radius 2 is 1.71 bits per heavy atom. The van der Waals surface area contributed by atoms with Crippen molar-refractivity contribution in [3.63, 3.8) is 0 Å². The third kappa shape index (κ3) is 3.91. The van der Waals surface area contributed by atoms with Crippen LogP contribution in [0.4, 0.5) is 4.79 Å². The number of amides is 2. The molecule has 0 atom stereocenters. The topological polar surface area (TPSA) is 66.5 Å². The largest absolute Gasteiger partial charge is 0.338 e. The monoisotopic (exact) mass is 350 g/mol. The van der Waals surface area contributed by atoms with Crippen molar-refractivity contribution in [3.05, 3.63) is 35.9 Å². The van der Waals surface area contributed by atoms with Gasteiger partial charge >= 0.3 is 6.03 Å². The van der Waals surface area contributed by atoms with E-state index in [0.717, 1.165) is 38.5 Å². The average Bonchev–Trinajstić information content (AvgIpc) is 2.55. The summed E-state index contributed by atoms with van der Waals surface area (Å²) in [5.41, 5.74) is 1.18. The first kappa shape index (κ1) is 17.3. The second kappa shape index (κ2) is 7.55. The van der Waals surface area contributed by atoms with Crippen molar-refractivity contribution in [2.75, 3.05) is 19.6 Å². The molecule has 132 valence electrons. The predicted molar refractivity (Wildman–Crippen MR) is 94.7 cm³/mol. The van der Waals surface area contributed by atoms with Crippen LogP contribution in [-0.2, 0) is 16.3 Å². The molecule has 2 aliphatic rings. The lowest BCUT2D eigenvalue weighted by Gasteiger charge is -2.40. The van der Waals surface area contributed by atoms with Crippen LogP contribution in [0.15, 0.2) is 30.3 Å². The first-order valence-electron chi connectivity index (χ1n) is 8.87. The van der Waals surface area contributed by atoms with E-state index in [9.17, 15) is 13.2 Å². The Balaban J connectivity index is 1.41. The number of carbonyl (C=O) groups is 1. The molecule has 0 bridgehead atoms. The van der Waals surface area contributed by atoms with Crippen LogP contribution in [-0.4, -0.2) is 49.5 Å². The first-order valence-corrected chi connectivity index (χ1v) is 10.5. The molecule has 0 radical (unpaired) electrons. The molecule has 1 saturated carbocycles. The first-order chi connectivity index (χ1) is 11.6. The molecule has 2 amide bonds. The Morgan fingerprint density at radius 1 is 1.04 bits per heavy atom. The van der Waals surface area contributed by atoms with Gasteiger partial charge in [-0.05, 0) is 24.8 Å². The third-order valence-corrected chi connectivity index (χ3v) is 7.78. The smallest absolute Gasteiger partial charge is 0.317 e. The standard InChI is InChI=1S/C18H26N2O3S/c21-18(19-12-11-15-7-3-1-4-8-15)20-13-17(14-20)24(22,23)16-9-5-2-6-10-16/h1,3-4,7-8,16-17H,2,5-6,9-14H2,(H,19,21). The zero-order valence-corrected chi connectivity index (χ0v) is 14.8. The summed E-state index contributed by atoms with van der Waals surface area (Å²) in [6.45, 7) is 1.26. The molecule has 1 aliphatic carbocycles. The van der Waals surface area contributed by atoms with Gasteiger partial charge in [-0.1, -0.05) is 49.6 Å². The molecule has 6 heteroatoms. The molecular weight excluding hydrogens is 324 g/mol. The molecule has 0 spiro atoms. The summed E-state index contributed by atoms with van der Waals surface area (Å²) < 4.78 is 25.2. The van der Waals surface area contributed by atoms with Crippen molar-refractivity contribution in [3.8, 4) is 0 Å². The van der Waals surface area contributed by atoms with Crippen LogP contribution in [0.3, 0.4) is 0 Å². The highest BCUT2D eigenvalue weighted by atomic mass is 32.2. The van der Waals surface area contributed by atoms with Crippen molar-refractivity contribution in [1.29, 1.82) is 0 Å². The van der Waals surface area contributed by atoms with E-state index in [-0.39, 0.29) is 16.5 Å². The minimum atomic E-state index is -3.08. The lowest BCUT2D eigenvalue weighted by Crippen LogP contribution is -2.61. The number of hydrogen-bond donors (Lipinski definition) is 1. The van der Waals surface area contributed by atoms with E-state index in [1.165, 1.54) is 5.56 Å². The molecule has 3 rings (SSSR count). The van der Waals surface area contributed by atoms with E-state index < -0.39 is 9.84 Å². The fourth-order valence-electron chi connectivity index (χ4n) is 3.55. The second-order valence-corrected chi connectivity index (χ2v) is 9.35. The maximum Gasteiger partial charge on any atom is 0.317 e. The van der Waals surface area contributed by atoms with Crippen LogP contribution in [0.2, 0.25) is 0 Å². The highest BCUT2D eigenvalue weighted by Crippen LogP contribution is 2.29. The van der Waals surface area contributed by atoms with Crippen LogP contribution in [0.1, 0.15) is 37.7 Å². The Morgan fingerprint density at radius 3 is 2.38 bits per heavy atom. The second-order valence-electron chi connectivity index (χ2n) is 6.84. The van der Waals surface area contributed by atoms with Gasteiger partial charge in [-0.25, -0.2) is 13.2 Å². The average molecular weight is 350 g/mol. The van der Waals surface area contributed by atoms with Gasteiger partial charge in [0.15, 0.2) is 9.84 Å². The Hall–Kier alpha value is -1.56. The fourth-order valence-corrected chi connectivity index (χ4v) is 5.86. The van der Waals surface area contributed by atoms with Crippen molar-refractivity contribution in [1.82, 2.24) is 10.2 Å². The van der Waals surface area contributed by atoms with Gasteiger partial charge in [0.2, 0.25) is 0 Å². The van der Waals surface area contributed by atoms with Gasteiger partial charge in [0.1, 0.15) is 0 Å². The predicted octanol–water partition coefficient (Wildman–Crippen LogP) is 2.37. The molecular formula is C18H26N2O3S. The summed E-state index contributed by atoms with van der Waals surface area (Å²) in [5.74, 6) is 0. The summed E-state index contributed by atoms with van der Waals surface area (Å²) >= 11 is 0. The highest BCUT2D eigenvalue weighted by molar-refractivity contribution is 7.92. The number of likely N-dealkylation sites (tertiary alicyclic amines) is 1. The number of sulfone groups is 1. The van der Waals surface area contributed by atoms with E-state index in [0.29, 0.717) is 19.6 Å². The van der Waals surface area contributed by atoms with Crippen LogP contribution >= 0.6 is 0 Å². The van der Waals surface area contributed by atoms with Crippen molar-refractivity contribution < 1.29 is 13.2 Å². The summed E-state index contributed by atoms with van der Waals surface area (Å²) in [4.78, 5) is 13.7. The molecule has 1 aromatic rings. The zero-order valence-electron chi connectivity index (χ0n) is 14.0. The molecule has 5 nitrogen and oxygen atoms in total. The number of hydrogen-bond acceptors (Lipinski definition) is 3. The van der Waals surface area contributed by atoms with E-state index in [2.05, 4.69) is 5.32 Å². The normalized spacial score (nSPS) is 19.8. The Bertz CT molecular complexity index is 648. The third-order valence-electron chi connectivity index (χ3n) is 5.15. The molecule has 1 saturated heterocycles. The maximum atomic E-state index is 12.6. The molecule has 1 aliphatic heterocycles. The number of benzene rings is 1. The van der Waals surface area contributed by atoms with Gasteiger partial charge < -0.3 is 10.2 Å². The number of carbonyl (C=O) groups excluding carboxylic acids is 1. The van der Waals surface area contributed by atoms with Gasteiger partial charge in [0.05, 0.1) is 10.5 Å². The van der Waals surface area contributed by atoms with E-state index >= 15 is 0 Å². The summed E-state index contributed by atoms with van der Waals surface area (Å²) in [7, 11) is -3.08. The lowest BCUT2D eigenvalue weighted by atomic mass is 10.0. The SMILES string of the molecule is O=C(NCCc1ccccc1)N1CC(S(=O)(=O)C2CCCCC2)C1. The Labute approximate surface area is 144 Å². The molecule has 0 aromatic heterocycles. The van der Waals surface area contributed by atoms with Gasteiger partial charge in [-0.3, -0.25) is 0 Å².